The highest BCUT2D eigenvalue weighted by Gasteiger charge is 2.09. The minimum Gasteiger partial charge on any atom is -0.364 e. The van der Waals surface area contributed by atoms with Crippen molar-refractivity contribution in [2.45, 2.75) is 0 Å². The fourth-order valence-corrected chi connectivity index (χ4v) is 1.43. The molecule has 0 spiro atoms. The number of primary amides is 1. The Bertz CT molecular complexity index is 471. The highest BCUT2D eigenvalue weighted by atomic mass is 16.1. The van der Waals surface area contributed by atoms with Crippen LogP contribution in [0.15, 0.2) is 24.3 Å². The quantitative estimate of drug-likeness (QED) is 0.689. The predicted molar refractivity (Wildman–Crippen MR) is 50.3 cm³/mol. The highest BCUT2D eigenvalue weighted by molar-refractivity contribution is 5.97. The Morgan fingerprint density at radius 2 is 2.15 bits per heavy atom. The van der Waals surface area contributed by atoms with Crippen molar-refractivity contribution in [3.63, 3.8) is 0 Å². The summed E-state index contributed by atoms with van der Waals surface area (Å²) in [7, 11) is 1.80. The lowest BCUT2D eigenvalue weighted by atomic mass is 10.2. The SMILES string of the molecule is Cn1c(C(N)=O)[c]c2ccccc21. The van der Waals surface area contributed by atoms with Crippen LogP contribution in [0, 0.1) is 6.07 Å². The van der Waals surface area contributed by atoms with Crippen LogP contribution in [0.4, 0.5) is 0 Å². The van der Waals surface area contributed by atoms with Gasteiger partial charge in [0.1, 0.15) is 5.69 Å². The van der Waals surface area contributed by atoms with Gasteiger partial charge in [-0.2, -0.15) is 0 Å². The smallest absolute Gasteiger partial charge is 0.266 e. The van der Waals surface area contributed by atoms with E-state index in [2.05, 4.69) is 6.07 Å². The molecule has 3 heteroatoms. The first-order chi connectivity index (χ1) is 6.20. The van der Waals surface area contributed by atoms with E-state index < -0.39 is 5.91 Å². The average Bonchev–Trinajstić information content (AvgIpc) is 2.45. The van der Waals surface area contributed by atoms with E-state index in [0.717, 1.165) is 10.9 Å². The largest absolute Gasteiger partial charge is 0.364 e. The van der Waals surface area contributed by atoms with Crippen LogP contribution in [-0.4, -0.2) is 10.5 Å². The molecule has 1 aromatic carbocycles. The summed E-state index contributed by atoms with van der Waals surface area (Å²) in [5, 5.41) is 0.916. The maximum Gasteiger partial charge on any atom is 0.266 e. The first-order valence-corrected chi connectivity index (χ1v) is 3.96. The molecule has 0 aliphatic carbocycles. The molecular weight excluding hydrogens is 164 g/mol. The van der Waals surface area contributed by atoms with E-state index in [9.17, 15) is 4.79 Å². The van der Waals surface area contributed by atoms with Gasteiger partial charge < -0.3 is 10.3 Å². The van der Waals surface area contributed by atoms with Crippen molar-refractivity contribution in [1.82, 2.24) is 4.57 Å². The number of fused-ring (bicyclic) bond motifs is 1. The standard InChI is InChI=1S/C10H9N2O/c1-12-8-5-3-2-4-7(8)6-9(12)10(11)13/h2-5H,1H3,(H2,11,13). The number of amides is 1. The Hall–Kier alpha value is -1.77. The number of benzene rings is 1. The number of carbonyl (C=O) groups is 1. The molecular formula is C10H9N2O. The fourth-order valence-electron chi connectivity index (χ4n) is 1.43. The van der Waals surface area contributed by atoms with Crippen LogP contribution in [0.5, 0.6) is 0 Å². The molecule has 1 heterocycles. The third-order valence-corrected chi connectivity index (χ3v) is 2.09. The van der Waals surface area contributed by atoms with Crippen LogP contribution >= 0.6 is 0 Å². The number of hydrogen-bond donors (Lipinski definition) is 1. The van der Waals surface area contributed by atoms with Gasteiger partial charge in [0, 0.05) is 24.0 Å². The van der Waals surface area contributed by atoms with Gasteiger partial charge in [-0.3, -0.25) is 4.79 Å². The maximum absolute atomic E-state index is 11.0. The topological polar surface area (TPSA) is 48.0 Å². The third-order valence-electron chi connectivity index (χ3n) is 2.09. The number of nitrogens with two attached hydrogens (primary N) is 1. The molecule has 0 atom stereocenters. The van der Waals surface area contributed by atoms with Gasteiger partial charge in [-0.25, -0.2) is 0 Å². The summed E-state index contributed by atoms with van der Waals surface area (Å²) in [6.07, 6.45) is 0. The van der Waals surface area contributed by atoms with E-state index in [4.69, 9.17) is 5.73 Å². The normalized spacial score (nSPS) is 10.5. The predicted octanol–water partition coefficient (Wildman–Crippen LogP) is 1.08. The molecule has 0 fully saturated rings. The van der Waals surface area contributed by atoms with Crippen molar-refractivity contribution in [1.29, 1.82) is 0 Å². The summed E-state index contributed by atoms with van der Waals surface area (Å²) in [4.78, 5) is 11.0. The number of aryl methyl sites for hydroxylation is 1. The van der Waals surface area contributed by atoms with Crippen LogP contribution < -0.4 is 5.73 Å². The molecule has 0 bridgehead atoms. The first-order valence-electron chi connectivity index (χ1n) is 3.96. The summed E-state index contributed by atoms with van der Waals surface area (Å²) in [6.45, 7) is 0. The van der Waals surface area contributed by atoms with E-state index >= 15 is 0 Å². The monoisotopic (exact) mass is 173 g/mol. The van der Waals surface area contributed by atoms with Crippen molar-refractivity contribution in [2.24, 2.45) is 12.8 Å². The van der Waals surface area contributed by atoms with Crippen molar-refractivity contribution in [3.8, 4) is 0 Å². The number of rotatable bonds is 1. The minimum atomic E-state index is -0.446. The second-order valence-corrected chi connectivity index (χ2v) is 2.91. The van der Waals surface area contributed by atoms with E-state index in [0.29, 0.717) is 5.69 Å². The van der Waals surface area contributed by atoms with E-state index in [1.54, 1.807) is 11.6 Å². The zero-order valence-corrected chi connectivity index (χ0v) is 7.24. The zero-order chi connectivity index (χ0) is 9.42. The number of nitrogens with zero attached hydrogens (tertiary/aromatic N) is 1. The van der Waals surface area contributed by atoms with E-state index in [1.807, 2.05) is 24.3 Å². The van der Waals surface area contributed by atoms with Crippen molar-refractivity contribution < 1.29 is 4.79 Å². The molecule has 3 nitrogen and oxygen atoms in total. The highest BCUT2D eigenvalue weighted by Crippen LogP contribution is 2.16. The van der Waals surface area contributed by atoms with Gasteiger partial charge in [-0.05, 0) is 6.07 Å². The van der Waals surface area contributed by atoms with Crippen LogP contribution in [0.1, 0.15) is 10.5 Å². The second kappa shape index (κ2) is 2.62. The Balaban J connectivity index is 2.81. The van der Waals surface area contributed by atoms with Gasteiger partial charge in [0.25, 0.3) is 5.91 Å². The number of hydrogen-bond acceptors (Lipinski definition) is 1. The van der Waals surface area contributed by atoms with Gasteiger partial charge in [0.15, 0.2) is 0 Å². The molecule has 1 amide bonds. The van der Waals surface area contributed by atoms with Gasteiger partial charge in [-0.1, -0.05) is 18.2 Å². The molecule has 65 valence electrons. The Morgan fingerprint density at radius 1 is 1.46 bits per heavy atom. The van der Waals surface area contributed by atoms with Gasteiger partial charge in [-0.15, -0.1) is 0 Å². The zero-order valence-electron chi connectivity index (χ0n) is 7.24. The third kappa shape index (κ3) is 1.09. The second-order valence-electron chi connectivity index (χ2n) is 2.91. The lowest BCUT2D eigenvalue weighted by Crippen LogP contribution is -2.14. The van der Waals surface area contributed by atoms with Gasteiger partial charge in [0.2, 0.25) is 0 Å². The summed E-state index contributed by atoms with van der Waals surface area (Å²) in [5.74, 6) is -0.446. The van der Waals surface area contributed by atoms with Crippen molar-refractivity contribution >= 4 is 16.8 Å². The van der Waals surface area contributed by atoms with E-state index in [1.165, 1.54) is 0 Å². The van der Waals surface area contributed by atoms with Gasteiger partial charge >= 0.3 is 0 Å². The Morgan fingerprint density at radius 3 is 2.77 bits per heavy atom. The first kappa shape index (κ1) is 7.86. The average molecular weight is 173 g/mol. The Labute approximate surface area is 75.8 Å². The van der Waals surface area contributed by atoms with Crippen LogP contribution in [0.25, 0.3) is 10.9 Å². The number of aromatic nitrogens is 1. The molecule has 1 radical (unpaired) electrons. The molecule has 0 aliphatic rings. The summed E-state index contributed by atoms with van der Waals surface area (Å²) < 4.78 is 1.75. The minimum absolute atomic E-state index is 0.418. The molecule has 13 heavy (non-hydrogen) atoms. The van der Waals surface area contributed by atoms with Crippen LogP contribution in [0.3, 0.4) is 0 Å². The molecule has 0 saturated carbocycles. The molecule has 0 saturated heterocycles. The summed E-state index contributed by atoms with van der Waals surface area (Å²) >= 11 is 0. The lowest BCUT2D eigenvalue weighted by molar-refractivity contribution is 0.0992. The fraction of sp³-hybridized carbons (Fsp3) is 0.100. The van der Waals surface area contributed by atoms with Crippen LogP contribution in [0.2, 0.25) is 0 Å². The molecule has 0 unspecified atom stereocenters. The number of para-hydroxylation sites is 1. The number of carbonyl (C=O) groups excluding carboxylic acids is 1. The summed E-state index contributed by atoms with van der Waals surface area (Å²) in [5.41, 5.74) is 6.57. The summed E-state index contributed by atoms with van der Waals surface area (Å²) in [6, 6.07) is 10.6. The van der Waals surface area contributed by atoms with Crippen molar-refractivity contribution in [3.05, 3.63) is 36.0 Å². The molecule has 0 aliphatic heterocycles. The molecule has 2 aromatic rings. The van der Waals surface area contributed by atoms with Gasteiger partial charge in [0.05, 0.1) is 0 Å². The van der Waals surface area contributed by atoms with Crippen LogP contribution in [-0.2, 0) is 7.05 Å². The maximum atomic E-state index is 11.0. The Kier molecular flexibility index (Phi) is 1.59. The molecule has 1 aromatic heterocycles. The van der Waals surface area contributed by atoms with Crippen molar-refractivity contribution in [2.75, 3.05) is 0 Å². The molecule has 2 N–H and O–H groups in total. The molecule has 2 rings (SSSR count). The van der Waals surface area contributed by atoms with E-state index in [-0.39, 0.29) is 0 Å². The lowest BCUT2D eigenvalue weighted by Gasteiger charge is -1.98.